The van der Waals surface area contributed by atoms with E-state index in [1.54, 1.807) is 0 Å². The third-order valence-electron chi connectivity index (χ3n) is 4.10. The lowest BCUT2D eigenvalue weighted by Gasteiger charge is -2.14. The van der Waals surface area contributed by atoms with E-state index in [2.05, 4.69) is 34.7 Å². The van der Waals surface area contributed by atoms with Crippen molar-refractivity contribution >= 4 is 17.4 Å². The van der Waals surface area contributed by atoms with Crippen LogP contribution in [0.25, 0.3) is 0 Å². The Morgan fingerprint density at radius 1 is 1.26 bits per heavy atom. The average Bonchev–Trinajstić information content (AvgIpc) is 2.97. The summed E-state index contributed by atoms with van der Waals surface area (Å²) in [5.41, 5.74) is 5.07. The Morgan fingerprint density at radius 3 is 2.87 bits per heavy atom. The van der Waals surface area contributed by atoms with Crippen molar-refractivity contribution in [2.24, 2.45) is 0 Å². The molecule has 1 aromatic heterocycles. The second-order valence-electron chi connectivity index (χ2n) is 5.84. The summed E-state index contributed by atoms with van der Waals surface area (Å²) in [7, 11) is 0. The van der Waals surface area contributed by atoms with Crippen LogP contribution in [0.4, 0.5) is 16.2 Å². The molecule has 1 aromatic carbocycles. The van der Waals surface area contributed by atoms with Crippen LogP contribution in [0.3, 0.4) is 0 Å². The van der Waals surface area contributed by atoms with Crippen molar-refractivity contribution in [1.29, 1.82) is 0 Å². The normalized spacial score (nSPS) is 13.4. The number of H-pyrrole nitrogens is 1. The van der Waals surface area contributed by atoms with Crippen LogP contribution >= 0.6 is 0 Å². The van der Waals surface area contributed by atoms with Crippen LogP contribution in [-0.4, -0.2) is 17.6 Å². The number of carbonyl (C=O) groups excluding carboxylic acids is 1. The summed E-state index contributed by atoms with van der Waals surface area (Å²) in [4.78, 5) is 15.3. The van der Waals surface area contributed by atoms with E-state index in [4.69, 9.17) is 4.74 Å². The Balaban J connectivity index is 1.58. The molecule has 1 aliphatic heterocycles. The van der Waals surface area contributed by atoms with Crippen molar-refractivity contribution in [3.8, 4) is 0 Å². The number of benzene rings is 1. The molecule has 3 rings (SSSR count). The first-order chi connectivity index (χ1) is 11.3. The number of rotatable bonds is 5. The van der Waals surface area contributed by atoms with E-state index in [1.165, 1.54) is 18.4 Å². The molecule has 2 heterocycles. The predicted octanol–water partition coefficient (Wildman–Crippen LogP) is 4.07. The van der Waals surface area contributed by atoms with Gasteiger partial charge in [-0.05, 0) is 30.5 Å². The average molecular weight is 313 g/mol. The lowest BCUT2D eigenvalue weighted by molar-refractivity contribution is 0.110. The number of hydrogen-bond acceptors (Lipinski definition) is 2. The second-order valence-corrected chi connectivity index (χ2v) is 5.84. The first kappa shape index (κ1) is 15.6. The van der Waals surface area contributed by atoms with Gasteiger partial charge in [0.25, 0.3) is 0 Å². The zero-order valence-electron chi connectivity index (χ0n) is 13.4. The van der Waals surface area contributed by atoms with Gasteiger partial charge in [0.1, 0.15) is 0 Å². The van der Waals surface area contributed by atoms with Crippen LogP contribution in [0.5, 0.6) is 0 Å². The van der Waals surface area contributed by atoms with E-state index < -0.39 is 0 Å². The van der Waals surface area contributed by atoms with E-state index >= 15 is 0 Å². The molecule has 0 unspecified atom stereocenters. The third-order valence-corrected chi connectivity index (χ3v) is 4.10. The number of aromatic amines is 1. The predicted molar refractivity (Wildman–Crippen MR) is 91.8 cm³/mol. The topological polar surface area (TPSA) is 66.2 Å². The molecule has 0 saturated carbocycles. The summed E-state index contributed by atoms with van der Waals surface area (Å²) in [6, 6.07) is 7.79. The van der Waals surface area contributed by atoms with E-state index in [-0.39, 0.29) is 6.03 Å². The maximum Gasteiger partial charge on any atom is 0.323 e. The van der Waals surface area contributed by atoms with Gasteiger partial charge in [-0.2, -0.15) is 0 Å². The maximum atomic E-state index is 12.1. The number of ether oxygens (including phenoxy) is 1. The largest absolute Gasteiger partial charge is 0.376 e. The minimum Gasteiger partial charge on any atom is -0.376 e. The Kier molecular flexibility index (Phi) is 4.98. The zero-order valence-corrected chi connectivity index (χ0v) is 13.4. The fourth-order valence-electron chi connectivity index (χ4n) is 2.76. The standard InChI is InChI=1S/C18H23N3O2/c1-2-3-4-13-5-7-14(8-6-13)20-18(22)21-17-11-19-16-9-10-23-12-15(16)17/h5-8,11,19H,2-4,9-10,12H2,1H3,(H2,20,21,22). The fraction of sp³-hybridized carbons (Fsp3) is 0.389. The summed E-state index contributed by atoms with van der Waals surface area (Å²) in [5.74, 6) is 0. The third kappa shape index (κ3) is 3.93. The summed E-state index contributed by atoms with van der Waals surface area (Å²) >= 11 is 0. The Hall–Kier alpha value is -2.27. The van der Waals surface area contributed by atoms with Crippen molar-refractivity contribution in [2.75, 3.05) is 17.2 Å². The Labute approximate surface area is 136 Å². The number of fused-ring (bicyclic) bond motifs is 1. The SMILES string of the molecule is CCCCc1ccc(NC(=O)Nc2c[nH]c3c2COCC3)cc1. The molecule has 0 saturated heterocycles. The molecule has 0 atom stereocenters. The van der Waals surface area contributed by atoms with Crippen molar-refractivity contribution in [2.45, 2.75) is 39.2 Å². The van der Waals surface area contributed by atoms with E-state index in [1.807, 2.05) is 18.3 Å². The molecule has 0 fully saturated rings. The molecule has 2 amide bonds. The summed E-state index contributed by atoms with van der Waals surface area (Å²) in [6.07, 6.45) is 6.14. The zero-order chi connectivity index (χ0) is 16.1. The molecule has 5 heteroatoms. The smallest absolute Gasteiger partial charge is 0.323 e. The van der Waals surface area contributed by atoms with Crippen LogP contribution in [0.2, 0.25) is 0 Å². The van der Waals surface area contributed by atoms with Crippen LogP contribution in [0.1, 0.15) is 36.6 Å². The quantitative estimate of drug-likeness (QED) is 0.779. The molecule has 1 aliphatic rings. The fourth-order valence-corrected chi connectivity index (χ4v) is 2.76. The highest BCUT2D eigenvalue weighted by Crippen LogP contribution is 2.24. The maximum absolute atomic E-state index is 12.1. The molecule has 3 N–H and O–H groups in total. The van der Waals surface area contributed by atoms with Crippen molar-refractivity contribution < 1.29 is 9.53 Å². The van der Waals surface area contributed by atoms with Crippen LogP contribution < -0.4 is 10.6 Å². The van der Waals surface area contributed by atoms with E-state index in [0.717, 1.165) is 42.1 Å². The van der Waals surface area contributed by atoms with Crippen LogP contribution in [0.15, 0.2) is 30.5 Å². The van der Waals surface area contributed by atoms with Gasteiger partial charge in [0.05, 0.1) is 18.9 Å². The van der Waals surface area contributed by atoms with Crippen LogP contribution in [0, 0.1) is 0 Å². The highest BCUT2D eigenvalue weighted by molar-refractivity contribution is 6.00. The number of carbonyl (C=O) groups is 1. The highest BCUT2D eigenvalue weighted by Gasteiger charge is 2.17. The molecular weight excluding hydrogens is 290 g/mol. The number of anilines is 2. The van der Waals surface area contributed by atoms with Crippen molar-refractivity contribution in [3.05, 3.63) is 47.3 Å². The minimum absolute atomic E-state index is 0.237. The molecule has 0 spiro atoms. The number of aryl methyl sites for hydroxylation is 1. The monoisotopic (exact) mass is 313 g/mol. The van der Waals surface area contributed by atoms with Gasteiger partial charge >= 0.3 is 6.03 Å². The summed E-state index contributed by atoms with van der Waals surface area (Å²) < 4.78 is 5.45. The van der Waals surface area contributed by atoms with Gasteiger partial charge in [0, 0.05) is 29.6 Å². The number of unbranched alkanes of at least 4 members (excludes halogenated alkanes) is 1. The number of urea groups is 1. The first-order valence-corrected chi connectivity index (χ1v) is 8.20. The summed E-state index contributed by atoms with van der Waals surface area (Å²) in [5, 5.41) is 5.75. The molecule has 2 aromatic rings. The first-order valence-electron chi connectivity index (χ1n) is 8.20. The molecular formula is C18H23N3O2. The van der Waals surface area contributed by atoms with Gasteiger partial charge in [0.2, 0.25) is 0 Å². The number of hydrogen-bond donors (Lipinski definition) is 3. The van der Waals surface area contributed by atoms with E-state index in [9.17, 15) is 4.79 Å². The molecule has 0 bridgehead atoms. The van der Waals surface area contributed by atoms with Gasteiger partial charge in [-0.15, -0.1) is 0 Å². The van der Waals surface area contributed by atoms with Gasteiger partial charge in [-0.1, -0.05) is 25.5 Å². The minimum atomic E-state index is -0.237. The second kappa shape index (κ2) is 7.33. The van der Waals surface area contributed by atoms with Crippen molar-refractivity contribution in [1.82, 2.24) is 4.98 Å². The van der Waals surface area contributed by atoms with E-state index in [0.29, 0.717) is 6.61 Å². The highest BCUT2D eigenvalue weighted by atomic mass is 16.5. The Bertz CT molecular complexity index is 661. The Morgan fingerprint density at radius 2 is 2.09 bits per heavy atom. The lowest BCUT2D eigenvalue weighted by atomic mass is 10.1. The molecule has 0 radical (unpaired) electrons. The number of amides is 2. The van der Waals surface area contributed by atoms with Crippen molar-refractivity contribution in [3.63, 3.8) is 0 Å². The van der Waals surface area contributed by atoms with Gasteiger partial charge < -0.3 is 20.4 Å². The molecule has 5 nitrogen and oxygen atoms in total. The molecule has 23 heavy (non-hydrogen) atoms. The lowest BCUT2D eigenvalue weighted by Crippen LogP contribution is -2.20. The summed E-state index contributed by atoms with van der Waals surface area (Å²) in [6.45, 7) is 3.45. The van der Waals surface area contributed by atoms with Crippen LogP contribution in [-0.2, 0) is 24.2 Å². The number of aromatic nitrogens is 1. The van der Waals surface area contributed by atoms with Gasteiger partial charge in [-0.25, -0.2) is 4.79 Å². The van der Waals surface area contributed by atoms with Gasteiger partial charge in [0.15, 0.2) is 0 Å². The molecule has 122 valence electrons. The molecule has 0 aliphatic carbocycles. The number of nitrogens with one attached hydrogen (secondary N) is 3. The van der Waals surface area contributed by atoms with Gasteiger partial charge in [-0.3, -0.25) is 0 Å².